The number of aromatic nitrogens is 3. The Kier molecular flexibility index (Phi) is 6.39. The highest BCUT2D eigenvalue weighted by Crippen LogP contribution is 2.22. The van der Waals surface area contributed by atoms with Gasteiger partial charge in [-0.2, -0.15) is 0 Å². The van der Waals surface area contributed by atoms with Gasteiger partial charge in [0, 0.05) is 5.56 Å². The van der Waals surface area contributed by atoms with Gasteiger partial charge < -0.3 is 10.1 Å². The first-order chi connectivity index (χ1) is 16.3. The first-order valence-electron chi connectivity index (χ1n) is 10.1. The number of para-hydroxylation sites is 1. The molecule has 7 nitrogen and oxygen atoms in total. The number of esters is 1. The summed E-state index contributed by atoms with van der Waals surface area (Å²) in [5.41, 5.74) is 0.745. The number of carbonyl (C=O) groups excluding carboxylic acids is 2. The molecule has 0 aliphatic heterocycles. The molecule has 0 bridgehead atoms. The lowest BCUT2D eigenvalue weighted by Crippen LogP contribution is -2.30. The molecule has 0 spiro atoms. The second-order valence-electron chi connectivity index (χ2n) is 7.13. The summed E-state index contributed by atoms with van der Waals surface area (Å²) in [4.78, 5) is 29.3. The van der Waals surface area contributed by atoms with Crippen molar-refractivity contribution in [2.45, 2.75) is 13.0 Å². The predicted molar refractivity (Wildman–Crippen MR) is 117 cm³/mol. The highest BCUT2D eigenvalue weighted by molar-refractivity contribution is 5.96. The Balaban J connectivity index is 1.55. The average molecular weight is 466 g/mol. The summed E-state index contributed by atoms with van der Waals surface area (Å²) in [5.74, 6) is -6.58. The zero-order chi connectivity index (χ0) is 24.2. The van der Waals surface area contributed by atoms with E-state index < -0.39 is 41.1 Å². The molecule has 4 aromatic rings. The second-order valence-corrected chi connectivity index (χ2v) is 7.13. The van der Waals surface area contributed by atoms with Gasteiger partial charge in [-0.3, -0.25) is 4.79 Å². The van der Waals surface area contributed by atoms with Crippen molar-refractivity contribution >= 4 is 17.6 Å². The molecule has 0 radical (unpaired) electrons. The molecular formula is C24H17F3N4O3. The number of hydrogen-bond donors (Lipinski definition) is 1. The normalized spacial score (nSPS) is 11.6. The fourth-order valence-corrected chi connectivity index (χ4v) is 3.05. The van der Waals surface area contributed by atoms with Crippen LogP contribution in [0.25, 0.3) is 17.1 Å². The third-order valence-electron chi connectivity index (χ3n) is 4.77. The van der Waals surface area contributed by atoms with E-state index in [2.05, 4.69) is 15.4 Å². The Labute approximate surface area is 191 Å². The SMILES string of the molecule is CC(OC(=O)c1nc(-c2ccccc2)n(-c2ccccc2)n1)C(=O)Nc1ccc(F)c(F)c1F. The van der Waals surface area contributed by atoms with Crippen LogP contribution in [0.5, 0.6) is 0 Å². The van der Waals surface area contributed by atoms with Crippen LogP contribution in [0.2, 0.25) is 0 Å². The van der Waals surface area contributed by atoms with Crippen molar-refractivity contribution in [3.05, 3.63) is 96.1 Å². The molecule has 0 aliphatic rings. The fourth-order valence-electron chi connectivity index (χ4n) is 3.05. The smallest absolute Gasteiger partial charge is 0.379 e. The number of hydrogen-bond acceptors (Lipinski definition) is 5. The van der Waals surface area contributed by atoms with E-state index in [4.69, 9.17) is 4.74 Å². The summed E-state index contributed by atoms with van der Waals surface area (Å²) in [6.45, 7) is 1.23. The van der Waals surface area contributed by atoms with Gasteiger partial charge in [-0.15, -0.1) is 5.10 Å². The van der Waals surface area contributed by atoms with Crippen LogP contribution < -0.4 is 5.32 Å². The molecule has 1 atom stereocenters. The number of halogens is 3. The molecule has 0 fully saturated rings. The van der Waals surface area contributed by atoms with E-state index in [9.17, 15) is 22.8 Å². The molecule has 10 heteroatoms. The minimum Gasteiger partial charge on any atom is -0.447 e. The lowest BCUT2D eigenvalue weighted by molar-refractivity contribution is -0.123. The Bertz CT molecular complexity index is 1290. The molecule has 34 heavy (non-hydrogen) atoms. The van der Waals surface area contributed by atoms with E-state index in [0.717, 1.165) is 6.07 Å². The maximum Gasteiger partial charge on any atom is 0.379 e. The number of amides is 1. The van der Waals surface area contributed by atoms with Crippen LogP contribution >= 0.6 is 0 Å². The zero-order valence-electron chi connectivity index (χ0n) is 17.7. The van der Waals surface area contributed by atoms with Crippen LogP contribution in [-0.2, 0) is 9.53 Å². The number of benzene rings is 3. The minimum absolute atomic E-state index is 0.304. The van der Waals surface area contributed by atoms with Crippen molar-refractivity contribution in [3.8, 4) is 17.1 Å². The molecule has 4 rings (SSSR count). The summed E-state index contributed by atoms with van der Waals surface area (Å²) in [6.07, 6.45) is -1.41. The van der Waals surface area contributed by atoms with E-state index in [0.29, 0.717) is 23.1 Å². The van der Waals surface area contributed by atoms with E-state index >= 15 is 0 Å². The summed E-state index contributed by atoms with van der Waals surface area (Å²) >= 11 is 0. The van der Waals surface area contributed by atoms with Crippen molar-refractivity contribution < 1.29 is 27.5 Å². The highest BCUT2D eigenvalue weighted by atomic mass is 19.2. The van der Waals surface area contributed by atoms with Crippen LogP contribution in [-0.4, -0.2) is 32.7 Å². The first-order valence-corrected chi connectivity index (χ1v) is 10.1. The standard InChI is InChI=1S/C24H17F3N4O3/c1-14(23(32)28-18-13-12-17(25)19(26)20(18)27)34-24(33)21-29-22(15-8-4-2-5-9-15)31(30-21)16-10-6-3-7-11-16/h2-14H,1H3,(H,28,32). The number of nitrogens with zero attached hydrogens (tertiary/aromatic N) is 3. The third-order valence-corrected chi connectivity index (χ3v) is 4.77. The average Bonchev–Trinajstić information content (AvgIpc) is 3.31. The summed E-state index contributed by atoms with van der Waals surface area (Å²) in [5, 5.41) is 6.30. The number of carbonyl (C=O) groups is 2. The van der Waals surface area contributed by atoms with Gasteiger partial charge in [0.05, 0.1) is 11.4 Å². The van der Waals surface area contributed by atoms with Crippen LogP contribution in [0, 0.1) is 17.5 Å². The largest absolute Gasteiger partial charge is 0.447 e. The topological polar surface area (TPSA) is 86.1 Å². The first kappa shape index (κ1) is 22.7. The third kappa shape index (κ3) is 4.65. The van der Waals surface area contributed by atoms with Crippen LogP contribution in [0.4, 0.5) is 18.9 Å². The molecule has 1 aromatic heterocycles. The zero-order valence-corrected chi connectivity index (χ0v) is 17.7. The minimum atomic E-state index is -1.73. The molecule has 1 heterocycles. The Hall–Kier alpha value is -4.47. The second kappa shape index (κ2) is 9.57. The quantitative estimate of drug-likeness (QED) is 0.333. The van der Waals surface area contributed by atoms with Gasteiger partial charge in [-0.05, 0) is 31.2 Å². The van der Waals surface area contributed by atoms with Gasteiger partial charge in [0.15, 0.2) is 29.4 Å². The van der Waals surface area contributed by atoms with Crippen molar-refractivity contribution in [2.24, 2.45) is 0 Å². The lowest BCUT2D eigenvalue weighted by atomic mass is 10.2. The van der Waals surface area contributed by atoms with Crippen molar-refractivity contribution in [3.63, 3.8) is 0 Å². The highest BCUT2D eigenvalue weighted by Gasteiger charge is 2.25. The molecular weight excluding hydrogens is 449 g/mol. The molecule has 172 valence electrons. The van der Waals surface area contributed by atoms with Crippen molar-refractivity contribution in [1.82, 2.24) is 14.8 Å². The van der Waals surface area contributed by atoms with Crippen LogP contribution in [0.3, 0.4) is 0 Å². The maximum atomic E-state index is 13.8. The number of anilines is 1. The fraction of sp³-hybridized carbons (Fsp3) is 0.0833. The van der Waals surface area contributed by atoms with E-state index in [1.54, 1.807) is 48.5 Å². The molecule has 1 N–H and O–H groups in total. The molecule has 0 aliphatic carbocycles. The van der Waals surface area contributed by atoms with E-state index in [1.807, 2.05) is 12.1 Å². The van der Waals surface area contributed by atoms with E-state index in [1.165, 1.54) is 11.6 Å². The number of nitrogens with one attached hydrogen (secondary N) is 1. The maximum absolute atomic E-state index is 13.8. The van der Waals surface area contributed by atoms with Crippen molar-refractivity contribution in [1.29, 1.82) is 0 Å². The summed E-state index contributed by atoms with van der Waals surface area (Å²) < 4.78 is 46.9. The van der Waals surface area contributed by atoms with Gasteiger partial charge in [-0.1, -0.05) is 48.5 Å². The Morgan fingerprint density at radius 1 is 0.912 bits per heavy atom. The monoisotopic (exact) mass is 466 g/mol. The Morgan fingerprint density at radius 3 is 2.24 bits per heavy atom. The van der Waals surface area contributed by atoms with E-state index in [-0.39, 0.29) is 5.82 Å². The molecule has 0 saturated carbocycles. The number of ether oxygens (including phenoxy) is 1. The molecule has 1 unspecified atom stereocenters. The van der Waals surface area contributed by atoms with Gasteiger partial charge in [0.1, 0.15) is 0 Å². The summed E-state index contributed by atoms with van der Waals surface area (Å²) in [7, 11) is 0. The van der Waals surface area contributed by atoms with Gasteiger partial charge in [-0.25, -0.2) is 27.6 Å². The molecule has 0 saturated heterocycles. The number of rotatable bonds is 6. The van der Waals surface area contributed by atoms with Gasteiger partial charge in [0.25, 0.3) is 11.7 Å². The lowest BCUT2D eigenvalue weighted by Gasteiger charge is -2.13. The van der Waals surface area contributed by atoms with Crippen LogP contribution in [0.15, 0.2) is 72.8 Å². The van der Waals surface area contributed by atoms with Crippen LogP contribution in [0.1, 0.15) is 17.5 Å². The molecule has 1 amide bonds. The van der Waals surface area contributed by atoms with Crippen molar-refractivity contribution in [2.75, 3.05) is 5.32 Å². The van der Waals surface area contributed by atoms with Gasteiger partial charge in [0.2, 0.25) is 0 Å². The molecule has 3 aromatic carbocycles. The predicted octanol–water partition coefficient (Wildman–Crippen LogP) is 4.54. The van der Waals surface area contributed by atoms with Gasteiger partial charge >= 0.3 is 5.97 Å². The Morgan fingerprint density at radius 2 is 1.56 bits per heavy atom. The summed E-state index contributed by atoms with van der Waals surface area (Å²) in [6, 6.07) is 19.5.